The summed E-state index contributed by atoms with van der Waals surface area (Å²) >= 11 is 3.44. The third-order valence-corrected chi connectivity index (χ3v) is 3.02. The lowest BCUT2D eigenvalue weighted by atomic mass is 10.0. The van der Waals surface area contributed by atoms with Crippen molar-refractivity contribution in [2.75, 3.05) is 5.01 Å². The number of amides is 1. The number of carbonyl (C=O) groups excluding carboxylic acids is 1. The Morgan fingerprint density at radius 3 is 2.60 bits per heavy atom. The highest BCUT2D eigenvalue weighted by Gasteiger charge is 2.36. The van der Waals surface area contributed by atoms with E-state index in [2.05, 4.69) is 21.4 Å². The van der Waals surface area contributed by atoms with Gasteiger partial charge in [0, 0.05) is 16.4 Å². The first-order valence-electron chi connectivity index (χ1n) is 4.85. The topological polar surface area (TPSA) is 32.3 Å². The van der Waals surface area contributed by atoms with Crippen molar-refractivity contribution in [3.05, 3.63) is 28.7 Å². The number of benzene rings is 1. The summed E-state index contributed by atoms with van der Waals surface area (Å²) < 4.78 is 0.920. The first-order chi connectivity index (χ1) is 6.99. The number of nitrogens with one attached hydrogen (secondary N) is 1. The van der Waals surface area contributed by atoms with Crippen LogP contribution >= 0.6 is 15.9 Å². The van der Waals surface area contributed by atoms with E-state index in [1.54, 1.807) is 5.01 Å². The molecular formula is C11H13BrN2O. The number of para-hydroxylation sites is 1. The van der Waals surface area contributed by atoms with Crippen molar-refractivity contribution in [2.45, 2.75) is 25.8 Å². The van der Waals surface area contributed by atoms with Crippen LogP contribution in [0.25, 0.3) is 0 Å². The number of hydrogen-bond acceptors (Lipinski definition) is 2. The van der Waals surface area contributed by atoms with Crippen LogP contribution < -0.4 is 10.4 Å². The fourth-order valence-electron chi connectivity index (χ4n) is 1.69. The van der Waals surface area contributed by atoms with Crippen LogP contribution in [0.5, 0.6) is 0 Å². The van der Waals surface area contributed by atoms with Gasteiger partial charge in [0.25, 0.3) is 0 Å². The third kappa shape index (κ3) is 2.06. The van der Waals surface area contributed by atoms with Crippen LogP contribution in [-0.4, -0.2) is 11.4 Å². The van der Waals surface area contributed by atoms with Crippen molar-refractivity contribution >= 4 is 27.5 Å². The van der Waals surface area contributed by atoms with Crippen LogP contribution in [0.1, 0.15) is 20.3 Å². The maximum Gasteiger partial charge on any atom is 0.243 e. The molecule has 0 atom stereocenters. The third-order valence-electron chi connectivity index (χ3n) is 2.35. The van der Waals surface area contributed by atoms with Gasteiger partial charge in [-0.15, -0.1) is 0 Å². The van der Waals surface area contributed by atoms with Gasteiger partial charge in [-0.3, -0.25) is 4.79 Å². The van der Waals surface area contributed by atoms with E-state index in [1.807, 2.05) is 38.1 Å². The summed E-state index contributed by atoms with van der Waals surface area (Å²) in [6.07, 6.45) is 0.522. The quantitative estimate of drug-likeness (QED) is 0.849. The molecule has 2 rings (SSSR count). The van der Waals surface area contributed by atoms with E-state index in [-0.39, 0.29) is 11.4 Å². The van der Waals surface area contributed by atoms with Gasteiger partial charge in [-0.2, -0.15) is 0 Å². The number of anilines is 1. The molecule has 1 amide bonds. The first-order valence-corrected chi connectivity index (χ1v) is 5.64. The Bertz CT molecular complexity index is 403. The summed E-state index contributed by atoms with van der Waals surface area (Å²) in [5.41, 5.74) is 3.90. The van der Waals surface area contributed by atoms with Crippen molar-refractivity contribution in [2.24, 2.45) is 0 Å². The van der Waals surface area contributed by atoms with Crippen LogP contribution in [0.2, 0.25) is 0 Å². The Morgan fingerprint density at radius 2 is 2.07 bits per heavy atom. The zero-order valence-electron chi connectivity index (χ0n) is 8.75. The van der Waals surface area contributed by atoms with Crippen molar-refractivity contribution in [1.29, 1.82) is 0 Å². The molecule has 0 saturated carbocycles. The van der Waals surface area contributed by atoms with Crippen molar-refractivity contribution in [3.63, 3.8) is 0 Å². The van der Waals surface area contributed by atoms with Crippen LogP contribution in [0.3, 0.4) is 0 Å². The van der Waals surface area contributed by atoms with Crippen LogP contribution in [-0.2, 0) is 4.79 Å². The van der Waals surface area contributed by atoms with E-state index in [1.165, 1.54) is 0 Å². The molecule has 1 N–H and O–H groups in total. The molecule has 0 aliphatic carbocycles. The number of halogens is 1. The van der Waals surface area contributed by atoms with E-state index < -0.39 is 0 Å². The minimum Gasteiger partial charge on any atom is -0.273 e. The lowest BCUT2D eigenvalue weighted by Crippen LogP contribution is -2.42. The van der Waals surface area contributed by atoms with E-state index in [0.29, 0.717) is 6.42 Å². The van der Waals surface area contributed by atoms with Gasteiger partial charge in [-0.25, -0.2) is 10.4 Å². The molecular weight excluding hydrogens is 256 g/mol. The standard InChI is InChI=1S/C11H13BrN2O/c1-11(2)7-10(15)14(13-11)9-6-4-3-5-8(9)12/h3-6,13H,7H2,1-2H3. The monoisotopic (exact) mass is 268 g/mol. The van der Waals surface area contributed by atoms with Gasteiger partial charge >= 0.3 is 0 Å². The number of hydrogen-bond donors (Lipinski definition) is 1. The molecule has 0 unspecified atom stereocenters. The minimum atomic E-state index is -0.160. The summed E-state index contributed by atoms with van der Waals surface area (Å²) in [6, 6.07) is 7.69. The number of nitrogens with zero attached hydrogens (tertiary/aromatic N) is 1. The molecule has 1 fully saturated rings. The van der Waals surface area contributed by atoms with Gasteiger partial charge in [0.1, 0.15) is 0 Å². The van der Waals surface area contributed by atoms with E-state index >= 15 is 0 Å². The highest BCUT2D eigenvalue weighted by Crippen LogP contribution is 2.30. The van der Waals surface area contributed by atoms with Gasteiger partial charge in [0.05, 0.1) is 5.69 Å². The second-order valence-electron chi connectivity index (χ2n) is 4.35. The van der Waals surface area contributed by atoms with Crippen LogP contribution in [0.15, 0.2) is 28.7 Å². The highest BCUT2D eigenvalue weighted by atomic mass is 79.9. The molecule has 1 heterocycles. The molecule has 15 heavy (non-hydrogen) atoms. The molecule has 1 aliphatic rings. The molecule has 4 heteroatoms. The van der Waals surface area contributed by atoms with E-state index in [0.717, 1.165) is 10.2 Å². The van der Waals surface area contributed by atoms with Crippen molar-refractivity contribution in [3.8, 4) is 0 Å². The Balaban J connectivity index is 2.34. The molecule has 0 bridgehead atoms. The normalized spacial score (nSPS) is 19.7. The molecule has 3 nitrogen and oxygen atoms in total. The second kappa shape index (κ2) is 3.61. The van der Waals surface area contributed by atoms with Crippen LogP contribution in [0, 0.1) is 0 Å². The Morgan fingerprint density at radius 1 is 1.40 bits per heavy atom. The van der Waals surface area contributed by atoms with Gasteiger partial charge in [0.2, 0.25) is 5.91 Å². The van der Waals surface area contributed by atoms with E-state index in [4.69, 9.17) is 0 Å². The molecule has 1 aromatic carbocycles. The SMILES string of the molecule is CC1(C)CC(=O)N(c2ccccc2Br)N1. The fourth-order valence-corrected chi connectivity index (χ4v) is 2.15. The first kappa shape index (κ1) is 10.6. The summed E-state index contributed by atoms with van der Waals surface area (Å²) in [5, 5.41) is 1.62. The summed E-state index contributed by atoms with van der Waals surface area (Å²) in [7, 11) is 0. The number of carbonyl (C=O) groups is 1. The fraction of sp³-hybridized carbons (Fsp3) is 0.364. The summed E-state index contributed by atoms with van der Waals surface area (Å²) in [5.74, 6) is 0.104. The zero-order valence-corrected chi connectivity index (χ0v) is 10.3. The summed E-state index contributed by atoms with van der Waals surface area (Å²) in [4.78, 5) is 11.8. The van der Waals surface area contributed by atoms with Gasteiger partial charge < -0.3 is 0 Å². The predicted molar refractivity (Wildman–Crippen MR) is 63.5 cm³/mol. The maximum absolute atomic E-state index is 11.8. The average Bonchev–Trinajstić information content (AvgIpc) is 2.40. The molecule has 80 valence electrons. The molecule has 1 aromatic rings. The van der Waals surface area contributed by atoms with Crippen LogP contribution in [0.4, 0.5) is 5.69 Å². The lowest BCUT2D eigenvalue weighted by Gasteiger charge is -2.22. The summed E-state index contributed by atoms with van der Waals surface area (Å²) in [6.45, 7) is 4.03. The maximum atomic E-state index is 11.8. The largest absolute Gasteiger partial charge is 0.273 e. The smallest absolute Gasteiger partial charge is 0.243 e. The lowest BCUT2D eigenvalue weighted by molar-refractivity contribution is -0.117. The highest BCUT2D eigenvalue weighted by molar-refractivity contribution is 9.10. The second-order valence-corrected chi connectivity index (χ2v) is 5.21. The Hall–Kier alpha value is -0.870. The minimum absolute atomic E-state index is 0.104. The molecule has 1 saturated heterocycles. The van der Waals surface area contributed by atoms with Gasteiger partial charge in [-0.05, 0) is 41.9 Å². The Labute approximate surface area is 97.6 Å². The Kier molecular flexibility index (Phi) is 2.56. The number of hydrazine groups is 1. The average molecular weight is 269 g/mol. The predicted octanol–water partition coefficient (Wildman–Crippen LogP) is 2.47. The zero-order chi connectivity index (χ0) is 11.1. The van der Waals surface area contributed by atoms with Gasteiger partial charge in [-0.1, -0.05) is 12.1 Å². The van der Waals surface area contributed by atoms with Crippen molar-refractivity contribution in [1.82, 2.24) is 5.43 Å². The molecule has 0 aromatic heterocycles. The van der Waals surface area contributed by atoms with Crippen molar-refractivity contribution < 1.29 is 4.79 Å². The molecule has 0 radical (unpaired) electrons. The van der Waals surface area contributed by atoms with Gasteiger partial charge in [0.15, 0.2) is 0 Å². The molecule has 0 spiro atoms. The van der Waals surface area contributed by atoms with E-state index in [9.17, 15) is 4.79 Å². The number of rotatable bonds is 1. The molecule has 1 aliphatic heterocycles.